The molecule has 0 N–H and O–H groups in total. The van der Waals surface area contributed by atoms with E-state index in [4.69, 9.17) is 0 Å². The van der Waals surface area contributed by atoms with Crippen LogP contribution in [-0.4, -0.2) is 9.78 Å². The number of aryl methyl sites for hydroxylation is 1. The molecular formula is C10H9FN2. The summed E-state index contributed by atoms with van der Waals surface area (Å²) >= 11 is 0. The quantitative estimate of drug-likeness (QED) is 0.652. The molecule has 0 atom stereocenters. The van der Waals surface area contributed by atoms with Crippen LogP contribution in [0.25, 0.3) is 5.69 Å². The summed E-state index contributed by atoms with van der Waals surface area (Å²) in [6.07, 6.45) is 3.35. The van der Waals surface area contributed by atoms with Crippen molar-refractivity contribution in [3.8, 4) is 5.69 Å². The van der Waals surface area contributed by atoms with Crippen LogP contribution in [-0.2, 0) is 0 Å². The fraction of sp³-hybridized carbons (Fsp3) is 0.100. The Morgan fingerprint density at radius 2 is 2.23 bits per heavy atom. The van der Waals surface area contributed by atoms with Crippen molar-refractivity contribution in [2.45, 2.75) is 6.92 Å². The molecule has 0 radical (unpaired) electrons. The zero-order chi connectivity index (χ0) is 9.26. The van der Waals surface area contributed by atoms with E-state index in [1.165, 1.54) is 10.7 Å². The molecule has 0 aliphatic rings. The maximum absolute atomic E-state index is 13.3. The van der Waals surface area contributed by atoms with E-state index in [1.54, 1.807) is 30.6 Å². The first kappa shape index (κ1) is 7.98. The summed E-state index contributed by atoms with van der Waals surface area (Å²) in [7, 11) is 0. The van der Waals surface area contributed by atoms with Crippen molar-refractivity contribution < 1.29 is 4.39 Å². The minimum atomic E-state index is -0.255. The van der Waals surface area contributed by atoms with Crippen molar-refractivity contribution >= 4 is 0 Å². The van der Waals surface area contributed by atoms with E-state index in [-0.39, 0.29) is 5.82 Å². The van der Waals surface area contributed by atoms with Crippen molar-refractivity contribution in [1.82, 2.24) is 9.78 Å². The van der Waals surface area contributed by atoms with Gasteiger partial charge in [0, 0.05) is 12.4 Å². The van der Waals surface area contributed by atoms with Crippen LogP contribution in [0.4, 0.5) is 4.39 Å². The molecule has 0 aliphatic heterocycles. The molecule has 66 valence electrons. The van der Waals surface area contributed by atoms with E-state index in [0.717, 1.165) is 5.56 Å². The minimum Gasteiger partial charge on any atom is -0.238 e. The number of hydrogen-bond donors (Lipinski definition) is 0. The Kier molecular flexibility index (Phi) is 1.85. The lowest BCUT2D eigenvalue weighted by Crippen LogP contribution is -1.98. The zero-order valence-electron chi connectivity index (χ0n) is 7.24. The van der Waals surface area contributed by atoms with Gasteiger partial charge in [-0.15, -0.1) is 0 Å². The summed E-state index contributed by atoms with van der Waals surface area (Å²) in [5.41, 5.74) is 1.51. The first-order valence-corrected chi connectivity index (χ1v) is 4.03. The van der Waals surface area contributed by atoms with Gasteiger partial charge in [0.2, 0.25) is 0 Å². The van der Waals surface area contributed by atoms with Gasteiger partial charge in [-0.1, -0.05) is 6.07 Å². The molecule has 0 unspecified atom stereocenters. The number of halogens is 1. The van der Waals surface area contributed by atoms with E-state index in [1.807, 2.05) is 6.92 Å². The van der Waals surface area contributed by atoms with E-state index in [0.29, 0.717) is 5.69 Å². The Labute approximate surface area is 75.6 Å². The van der Waals surface area contributed by atoms with Gasteiger partial charge in [-0.25, -0.2) is 9.07 Å². The third-order valence-electron chi connectivity index (χ3n) is 1.85. The van der Waals surface area contributed by atoms with Gasteiger partial charge in [-0.3, -0.25) is 0 Å². The van der Waals surface area contributed by atoms with Crippen LogP contribution in [0.5, 0.6) is 0 Å². The molecule has 0 saturated carbocycles. The van der Waals surface area contributed by atoms with Crippen LogP contribution in [0.2, 0.25) is 0 Å². The van der Waals surface area contributed by atoms with Gasteiger partial charge in [-0.2, -0.15) is 5.10 Å². The van der Waals surface area contributed by atoms with Crippen LogP contribution < -0.4 is 0 Å². The van der Waals surface area contributed by atoms with E-state index >= 15 is 0 Å². The molecule has 3 heteroatoms. The summed E-state index contributed by atoms with van der Waals surface area (Å²) in [6, 6.07) is 6.72. The Morgan fingerprint density at radius 3 is 2.92 bits per heavy atom. The average molecular weight is 176 g/mol. The largest absolute Gasteiger partial charge is 0.238 e. The van der Waals surface area contributed by atoms with Gasteiger partial charge in [0.15, 0.2) is 0 Å². The van der Waals surface area contributed by atoms with Crippen molar-refractivity contribution in [1.29, 1.82) is 0 Å². The topological polar surface area (TPSA) is 17.8 Å². The van der Waals surface area contributed by atoms with E-state index < -0.39 is 0 Å². The van der Waals surface area contributed by atoms with Crippen molar-refractivity contribution in [3.63, 3.8) is 0 Å². The highest BCUT2D eigenvalue weighted by molar-refractivity contribution is 5.36. The number of aromatic nitrogens is 2. The normalized spacial score (nSPS) is 10.3. The maximum Gasteiger partial charge on any atom is 0.148 e. The number of nitrogens with zero attached hydrogens (tertiary/aromatic N) is 2. The molecule has 2 nitrogen and oxygen atoms in total. The Bertz CT molecular complexity index is 407. The summed E-state index contributed by atoms with van der Waals surface area (Å²) < 4.78 is 14.8. The summed E-state index contributed by atoms with van der Waals surface area (Å²) in [4.78, 5) is 0. The second kappa shape index (κ2) is 3.01. The third kappa shape index (κ3) is 1.45. The molecule has 1 aromatic carbocycles. The smallest absolute Gasteiger partial charge is 0.148 e. The Balaban J connectivity index is 2.57. The molecule has 0 spiro atoms. The van der Waals surface area contributed by atoms with Crippen LogP contribution in [0.3, 0.4) is 0 Å². The zero-order valence-corrected chi connectivity index (χ0v) is 7.24. The molecule has 1 heterocycles. The van der Waals surface area contributed by atoms with Gasteiger partial charge in [-0.05, 0) is 30.7 Å². The second-order valence-electron chi connectivity index (χ2n) is 2.91. The number of benzene rings is 1. The monoisotopic (exact) mass is 176 g/mol. The van der Waals surface area contributed by atoms with Crippen LogP contribution in [0.1, 0.15) is 5.56 Å². The highest BCUT2D eigenvalue weighted by Gasteiger charge is 2.03. The third-order valence-corrected chi connectivity index (χ3v) is 1.85. The van der Waals surface area contributed by atoms with Gasteiger partial charge in [0.1, 0.15) is 11.5 Å². The van der Waals surface area contributed by atoms with Crippen LogP contribution in [0.15, 0.2) is 36.7 Å². The summed E-state index contributed by atoms with van der Waals surface area (Å²) in [6.45, 7) is 1.92. The maximum atomic E-state index is 13.3. The molecule has 0 aliphatic carbocycles. The summed E-state index contributed by atoms with van der Waals surface area (Å²) in [5.74, 6) is -0.255. The van der Waals surface area contributed by atoms with Gasteiger partial charge in [0.25, 0.3) is 0 Å². The molecule has 0 bridgehead atoms. The fourth-order valence-electron chi connectivity index (χ4n) is 1.21. The summed E-state index contributed by atoms with van der Waals surface area (Å²) in [5, 5.41) is 3.97. The molecule has 2 rings (SSSR count). The van der Waals surface area contributed by atoms with Gasteiger partial charge < -0.3 is 0 Å². The second-order valence-corrected chi connectivity index (χ2v) is 2.91. The van der Waals surface area contributed by atoms with Crippen LogP contribution >= 0.6 is 0 Å². The van der Waals surface area contributed by atoms with E-state index in [2.05, 4.69) is 5.10 Å². The van der Waals surface area contributed by atoms with Crippen molar-refractivity contribution in [3.05, 3.63) is 48.0 Å². The first-order valence-electron chi connectivity index (χ1n) is 4.03. The van der Waals surface area contributed by atoms with Gasteiger partial charge >= 0.3 is 0 Å². The van der Waals surface area contributed by atoms with E-state index in [9.17, 15) is 4.39 Å². The van der Waals surface area contributed by atoms with Crippen LogP contribution in [0, 0.1) is 12.7 Å². The molecule has 0 amide bonds. The molecule has 2 aromatic rings. The molecule has 0 saturated heterocycles. The highest BCUT2D eigenvalue weighted by Crippen LogP contribution is 2.13. The lowest BCUT2D eigenvalue weighted by atomic mass is 10.2. The van der Waals surface area contributed by atoms with Gasteiger partial charge in [0.05, 0.1) is 0 Å². The van der Waals surface area contributed by atoms with Crippen molar-refractivity contribution in [2.75, 3.05) is 0 Å². The fourth-order valence-corrected chi connectivity index (χ4v) is 1.21. The number of rotatable bonds is 1. The Hall–Kier alpha value is -1.64. The predicted octanol–water partition coefficient (Wildman–Crippen LogP) is 2.32. The average Bonchev–Trinajstić information content (AvgIpc) is 2.61. The number of hydrogen-bond acceptors (Lipinski definition) is 1. The predicted molar refractivity (Wildman–Crippen MR) is 48.3 cm³/mol. The standard InChI is InChI=1S/C10H9FN2/c1-8-3-4-9(11)10(7-8)13-6-2-5-12-13/h2-7H,1H3. The lowest BCUT2D eigenvalue weighted by molar-refractivity contribution is 0.610. The minimum absolute atomic E-state index is 0.255. The molecule has 1 aromatic heterocycles. The highest BCUT2D eigenvalue weighted by atomic mass is 19.1. The lowest BCUT2D eigenvalue weighted by Gasteiger charge is -2.03. The molecular weight excluding hydrogens is 167 g/mol. The van der Waals surface area contributed by atoms with Crippen molar-refractivity contribution in [2.24, 2.45) is 0 Å². The Morgan fingerprint density at radius 1 is 1.38 bits per heavy atom. The molecule has 0 fully saturated rings. The molecule has 13 heavy (non-hydrogen) atoms. The first-order chi connectivity index (χ1) is 6.27. The SMILES string of the molecule is Cc1ccc(F)c(-n2cccn2)c1.